The van der Waals surface area contributed by atoms with Crippen molar-refractivity contribution < 1.29 is 0 Å². The van der Waals surface area contributed by atoms with Crippen LogP contribution in [0.2, 0.25) is 0 Å². The molecule has 62 valence electrons. The molecule has 1 heterocycles. The Morgan fingerprint density at radius 1 is 1.00 bits per heavy atom. The molecule has 0 atom stereocenters. The summed E-state index contributed by atoms with van der Waals surface area (Å²) < 4.78 is 0. The highest BCUT2D eigenvalue weighted by Crippen LogP contribution is 2.01. The molecule has 0 saturated heterocycles. The Labute approximate surface area is 71.7 Å². The zero-order valence-corrected chi connectivity index (χ0v) is 7.68. The first-order chi connectivity index (χ1) is 5.70. The van der Waals surface area contributed by atoms with Gasteiger partial charge in [-0.15, -0.1) is 0 Å². The second kappa shape index (κ2) is 2.41. The van der Waals surface area contributed by atoms with Crippen LogP contribution in [0.1, 0.15) is 16.7 Å². The van der Waals surface area contributed by atoms with Gasteiger partial charge in [-0.05, 0) is 37.5 Å². The van der Waals surface area contributed by atoms with E-state index in [9.17, 15) is 0 Å². The van der Waals surface area contributed by atoms with Crippen LogP contribution in [0.25, 0.3) is 0 Å². The molecule has 0 spiro atoms. The summed E-state index contributed by atoms with van der Waals surface area (Å²) in [4.78, 5) is 8.69. The van der Waals surface area contributed by atoms with Crippen molar-refractivity contribution in [1.29, 1.82) is 0 Å². The Kier molecular flexibility index (Phi) is 1.50. The van der Waals surface area contributed by atoms with Crippen molar-refractivity contribution in [3.63, 3.8) is 0 Å². The molecule has 0 aromatic heterocycles. The summed E-state index contributed by atoms with van der Waals surface area (Å²) in [6, 6.07) is 2.18. The molecule has 12 heavy (non-hydrogen) atoms. The third kappa shape index (κ3) is 0.876. The average molecular weight is 160 g/mol. The molecule has 0 saturated carbocycles. The molecule has 1 aromatic carbocycles. The van der Waals surface area contributed by atoms with Gasteiger partial charge < -0.3 is 0 Å². The van der Waals surface area contributed by atoms with E-state index in [-0.39, 0.29) is 0 Å². The molecule has 2 rings (SSSR count). The summed E-state index contributed by atoms with van der Waals surface area (Å²) in [6.45, 7) is 6.94. The van der Waals surface area contributed by atoms with E-state index in [0.29, 0.717) is 6.67 Å². The maximum absolute atomic E-state index is 4.35. The molecule has 1 aliphatic rings. The highest BCUT2D eigenvalue weighted by atomic mass is 15.0. The molecule has 2 nitrogen and oxygen atoms in total. The minimum absolute atomic E-state index is 0.612. The van der Waals surface area contributed by atoms with Gasteiger partial charge in [-0.25, -0.2) is 0 Å². The van der Waals surface area contributed by atoms with Crippen molar-refractivity contribution in [3.05, 3.63) is 33.5 Å². The van der Waals surface area contributed by atoms with Gasteiger partial charge in [0.25, 0.3) is 0 Å². The van der Waals surface area contributed by atoms with Crippen LogP contribution in [0.5, 0.6) is 0 Å². The maximum atomic E-state index is 4.35. The van der Waals surface area contributed by atoms with Crippen LogP contribution < -0.4 is 10.7 Å². The highest BCUT2D eigenvalue weighted by Gasteiger charge is 2.04. The maximum Gasteiger partial charge on any atom is 0.130 e. The van der Waals surface area contributed by atoms with Gasteiger partial charge in [-0.2, -0.15) is 0 Å². The van der Waals surface area contributed by atoms with Gasteiger partial charge in [0.1, 0.15) is 6.67 Å². The number of benzene rings is 1. The van der Waals surface area contributed by atoms with Gasteiger partial charge >= 0.3 is 0 Å². The van der Waals surface area contributed by atoms with Crippen LogP contribution in [-0.2, 0) is 0 Å². The number of fused-ring (bicyclic) bond motifs is 1. The van der Waals surface area contributed by atoms with Crippen LogP contribution in [-0.4, -0.2) is 6.67 Å². The number of rotatable bonds is 0. The lowest BCUT2D eigenvalue weighted by molar-refractivity contribution is 1.05. The van der Waals surface area contributed by atoms with E-state index < -0.39 is 0 Å². The summed E-state index contributed by atoms with van der Waals surface area (Å²) in [5.74, 6) is 0. The molecule has 0 fully saturated rings. The van der Waals surface area contributed by atoms with Crippen molar-refractivity contribution >= 4 is 0 Å². The summed E-state index contributed by atoms with van der Waals surface area (Å²) >= 11 is 0. The molecular formula is C10H12N2. The first-order valence-electron chi connectivity index (χ1n) is 4.16. The van der Waals surface area contributed by atoms with Gasteiger partial charge in [0, 0.05) is 0 Å². The standard InChI is InChI=1S/C10H12N2/c1-6-4-7(2)9-10(8(6)3)12-5-11-9/h4H,5H2,1-3H3. The molecule has 0 radical (unpaired) electrons. The van der Waals surface area contributed by atoms with Gasteiger partial charge in [0.2, 0.25) is 0 Å². The Morgan fingerprint density at radius 3 is 2.42 bits per heavy atom. The van der Waals surface area contributed by atoms with E-state index >= 15 is 0 Å². The van der Waals surface area contributed by atoms with Crippen molar-refractivity contribution in [2.75, 3.05) is 6.67 Å². The third-order valence-electron chi connectivity index (χ3n) is 2.44. The Bertz CT molecular complexity index is 444. The molecule has 0 amide bonds. The fourth-order valence-corrected chi connectivity index (χ4v) is 1.62. The number of hydrogen-bond donors (Lipinski definition) is 0. The van der Waals surface area contributed by atoms with Crippen LogP contribution in [0.3, 0.4) is 0 Å². The van der Waals surface area contributed by atoms with Crippen LogP contribution >= 0.6 is 0 Å². The Morgan fingerprint density at radius 2 is 1.67 bits per heavy atom. The summed E-state index contributed by atoms with van der Waals surface area (Å²) in [6.07, 6.45) is 0. The summed E-state index contributed by atoms with van der Waals surface area (Å²) in [7, 11) is 0. The quantitative estimate of drug-likeness (QED) is 0.537. The predicted octanol–water partition coefficient (Wildman–Crippen LogP) is 0.822. The van der Waals surface area contributed by atoms with Gasteiger partial charge in [0.15, 0.2) is 0 Å². The fourth-order valence-electron chi connectivity index (χ4n) is 1.62. The molecule has 0 unspecified atom stereocenters. The monoisotopic (exact) mass is 160 g/mol. The van der Waals surface area contributed by atoms with E-state index in [0.717, 1.165) is 10.7 Å². The lowest BCUT2D eigenvalue weighted by Gasteiger charge is -2.00. The molecule has 1 aromatic rings. The van der Waals surface area contributed by atoms with Crippen molar-refractivity contribution in [2.24, 2.45) is 9.98 Å². The van der Waals surface area contributed by atoms with E-state index in [4.69, 9.17) is 0 Å². The van der Waals surface area contributed by atoms with E-state index in [2.05, 4.69) is 36.8 Å². The second-order valence-corrected chi connectivity index (χ2v) is 3.29. The lowest BCUT2D eigenvalue weighted by Crippen LogP contribution is -2.28. The lowest BCUT2D eigenvalue weighted by atomic mass is 10.1. The van der Waals surface area contributed by atoms with Crippen molar-refractivity contribution in [2.45, 2.75) is 20.8 Å². The molecule has 0 bridgehead atoms. The first-order valence-corrected chi connectivity index (χ1v) is 4.16. The largest absolute Gasteiger partial charge is 0.259 e. The smallest absolute Gasteiger partial charge is 0.130 e. The zero-order valence-electron chi connectivity index (χ0n) is 7.68. The number of aryl methyl sites for hydroxylation is 2. The molecule has 2 heteroatoms. The first kappa shape index (κ1) is 7.47. The third-order valence-corrected chi connectivity index (χ3v) is 2.44. The number of hydrogen-bond acceptors (Lipinski definition) is 2. The zero-order chi connectivity index (χ0) is 8.72. The highest BCUT2D eigenvalue weighted by molar-refractivity contribution is 5.29. The molecule has 0 N–H and O–H groups in total. The fraction of sp³-hybridized carbons (Fsp3) is 0.400. The SMILES string of the molecule is Cc1cc(C)c2c(c1C)=NCN=2. The van der Waals surface area contributed by atoms with E-state index in [1.54, 1.807) is 0 Å². The summed E-state index contributed by atoms with van der Waals surface area (Å²) in [5, 5.41) is 2.20. The number of nitrogens with zero attached hydrogens (tertiary/aromatic N) is 2. The topological polar surface area (TPSA) is 24.7 Å². The summed E-state index contributed by atoms with van der Waals surface area (Å²) in [5.41, 5.74) is 3.83. The van der Waals surface area contributed by atoms with Crippen LogP contribution in [0.15, 0.2) is 16.1 Å². The normalized spacial score (nSPS) is 13.6. The molecule has 1 aliphatic heterocycles. The minimum atomic E-state index is 0.612. The van der Waals surface area contributed by atoms with Gasteiger partial charge in [0.05, 0.1) is 10.7 Å². The van der Waals surface area contributed by atoms with Gasteiger partial charge in [-0.3, -0.25) is 9.98 Å². The Hall–Kier alpha value is -1.18. The Balaban J connectivity index is 2.99. The van der Waals surface area contributed by atoms with E-state index in [1.165, 1.54) is 16.7 Å². The van der Waals surface area contributed by atoms with Crippen LogP contribution in [0, 0.1) is 20.8 Å². The van der Waals surface area contributed by atoms with E-state index in [1.807, 2.05) is 0 Å². The van der Waals surface area contributed by atoms with Crippen LogP contribution in [0.4, 0.5) is 0 Å². The molecule has 0 aliphatic carbocycles. The second-order valence-electron chi connectivity index (χ2n) is 3.29. The molecular weight excluding hydrogens is 148 g/mol. The van der Waals surface area contributed by atoms with Gasteiger partial charge in [-0.1, -0.05) is 6.07 Å². The predicted molar refractivity (Wildman–Crippen MR) is 47.8 cm³/mol. The van der Waals surface area contributed by atoms with Crippen molar-refractivity contribution in [1.82, 2.24) is 0 Å². The average Bonchev–Trinajstić information content (AvgIpc) is 2.48. The van der Waals surface area contributed by atoms with Crippen molar-refractivity contribution in [3.8, 4) is 0 Å². The minimum Gasteiger partial charge on any atom is -0.259 e.